The SMILES string of the molecule is NC1CCCN(C(=O)Cn2cc(C(F)(F)F)ccc2=O)CC1. The minimum Gasteiger partial charge on any atom is -0.341 e. The molecule has 0 aromatic carbocycles. The molecular weight excluding hydrogens is 299 g/mol. The summed E-state index contributed by atoms with van der Waals surface area (Å²) in [5.74, 6) is -0.365. The highest BCUT2D eigenvalue weighted by atomic mass is 19.4. The number of alkyl halides is 3. The highest BCUT2D eigenvalue weighted by Crippen LogP contribution is 2.28. The molecule has 0 spiro atoms. The number of rotatable bonds is 2. The molecule has 22 heavy (non-hydrogen) atoms. The van der Waals surface area contributed by atoms with E-state index >= 15 is 0 Å². The molecule has 1 atom stereocenters. The summed E-state index contributed by atoms with van der Waals surface area (Å²) in [6.07, 6.45) is -1.64. The first-order chi connectivity index (χ1) is 10.3. The zero-order valence-electron chi connectivity index (χ0n) is 12.0. The molecule has 1 unspecified atom stereocenters. The molecule has 1 aromatic rings. The topological polar surface area (TPSA) is 68.3 Å². The second-order valence-corrected chi connectivity index (χ2v) is 5.45. The molecule has 0 bridgehead atoms. The Kier molecular flexibility index (Phi) is 4.90. The van der Waals surface area contributed by atoms with Gasteiger partial charge in [0.05, 0.1) is 5.56 Å². The second kappa shape index (κ2) is 6.51. The monoisotopic (exact) mass is 317 g/mol. The first kappa shape index (κ1) is 16.5. The number of nitrogens with two attached hydrogens (primary N) is 1. The predicted molar refractivity (Wildman–Crippen MR) is 74.1 cm³/mol. The number of carbonyl (C=O) groups excluding carboxylic acids is 1. The van der Waals surface area contributed by atoms with Crippen LogP contribution in [0.4, 0.5) is 13.2 Å². The van der Waals surface area contributed by atoms with Gasteiger partial charge in [-0.25, -0.2) is 0 Å². The van der Waals surface area contributed by atoms with Crippen LogP contribution in [0.5, 0.6) is 0 Å². The van der Waals surface area contributed by atoms with Gasteiger partial charge in [-0.2, -0.15) is 13.2 Å². The molecule has 2 N–H and O–H groups in total. The van der Waals surface area contributed by atoms with Crippen LogP contribution in [-0.4, -0.2) is 34.5 Å². The summed E-state index contributed by atoms with van der Waals surface area (Å²) in [6, 6.07) is 1.58. The van der Waals surface area contributed by atoms with Crippen molar-refractivity contribution in [2.24, 2.45) is 5.73 Å². The molecule has 1 aliphatic rings. The van der Waals surface area contributed by atoms with Crippen molar-refractivity contribution in [3.8, 4) is 0 Å². The van der Waals surface area contributed by atoms with Gasteiger partial charge in [0.25, 0.3) is 5.56 Å². The van der Waals surface area contributed by atoms with E-state index in [-0.39, 0.29) is 11.9 Å². The molecule has 0 saturated carbocycles. The number of carbonyl (C=O) groups is 1. The van der Waals surface area contributed by atoms with Crippen molar-refractivity contribution in [1.82, 2.24) is 9.47 Å². The van der Waals surface area contributed by atoms with E-state index in [1.54, 1.807) is 4.90 Å². The van der Waals surface area contributed by atoms with Crippen LogP contribution in [0.1, 0.15) is 24.8 Å². The maximum absolute atomic E-state index is 12.7. The van der Waals surface area contributed by atoms with Crippen molar-refractivity contribution >= 4 is 5.91 Å². The van der Waals surface area contributed by atoms with E-state index in [1.165, 1.54) is 0 Å². The number of halogens is 3. The molecule has 122 valence electrons. The van der Waals surface area contributed by atoms with Gasteiger partial charge in [0.1, 0.15) is 6.54 Å². The lowest BCUT2D eigenvalue weighted by Gasteiger charge is -2.21. The number of hydrogen-bond donors (Lipinski definition) is 1. The molecule has 0 radical (unpaired) electrons. The highest BCUT2D eigenvalue weighted by Gasteiger charge is 2.31. The Balaban J connectivity index is 2.12. The van der Waals surface area contributed by atoms with Gasteiger partial charge in [-0.15, -0.1) is 0 Å². The van der Waals surface area contributed by atoms with Crippen LogP contribution in [0.25, 0.3) is 0 Å². The lowest BCUT2D eigenvalue weighted by atomic mass is 10.1. The van der Waals surface area contributed by atoms with E-state index in [4.69, 9.17) is 5.73 Å². The molecular formula is C14H18F3N3O2. The largest absolute Gasteiger partial charge is 0.417 e. The third-order valence-corrected chi connectivity index (χ3v) is 3.74. The van der Waals surface area contributed by atoms with Gasteiger partial charge in [-0.1, -0.05) is 0 Å². The van der Waals surface area contributed by atoms with Crippen LogP contribution >= 0.6 is 0 Å². The number of nitrogens with zero attached hydrogens (tertiary/aromatic N) is 2. The van der Waals surface area contributed by atoms with Gasteiger partial charge in [0.2, 0.25) is 5.91 Å². The van der Waals surface area contributed by atoms with Crippen molar-refractivity contribution in [2.45, 2.75) is 38.0 Å². The Morgan fingerprint density at radius 3 is 2.68 bits per heavy atom. The maximum Gasteiger partial charge on any atom is 0.417 e. The predicted octanol–water partition coefficient (Wildman–Crippen LogP) is 1.21. The molecule has 0 aliphatic carbocycles. The first-order valence-electron chi connectivity index (χ1n) is 7.08. The number of aromatic nitrogens is 1. The Morgan fingerprint density at radius 2 is 2.00 bits per heavy atom. The van der Waals surface area contributed by atoms with Crippen LogP contribution in [-0.2, 0) is 17.5 Å². The fraction of sp³-hybridized carbons (Fsp3) is 0.571. The Morgan fingerprint density at radius 1 is 1.27 bits per heavy atom. The average molecular weight is 317 g/mol. The van der Waals surface area contributed by atoms with Crippen molar-refractivity contribution < 1.29 is 18.0 Å². The third kappa shape index (κ3) is 4.09. The van der Waals surface area contributed by atoms with Gasteiger partial charge in [-0.3, -0.25) is 9.59 Å². The fourth-order valence-corrected chi connectivity index (χ4v) is 2.44. The number of amides is 1. The number of pyridine rings is 1. The van der Waals surface area contributed by atoms with Gasteiger partial charge in [0, 0.05) is 31.4 Å². The molecule has 1 amide bonds. The van der Waals surface area contributed by atoms with Crippen LogP contribution < -0.4 is 11.3 Å². The van der Waals surface area contributed by atoms with Crippen LogP contribution in [0.15, 0.2) is 23.1 Å². The molecule has 1 aromatic heterocycles. The van der Waals surface area contributed by atoms with E-state index < -0.39 is 23.8 Å². The molecule has 1 aliphatic heterocycles. The zero-order valence-corrected chi connectivity index (χ0v) is 12.0. The van der Waals surface area contributed by atoms with Gasteiger partial charge < -0.3 is 15.2 Å². The van der Waals surface area contributed by atoms with E-state index in [1.807, 2.05) is 0 Å². The molecule has 1 fully saturated rings. The van der Waals surface area contributed by atoms with Gasteiger partial charge >= 0.3 is 6.18 Å². The average Bonchev–Trinajstić information content (AvgIpc) is 2.64. The van der Waals surface area contributed by atoms with Crippen molar-refractivity contribution in [2.75, 3.05) is 13.1 Å². The minimum atomic E-state index is -4.55. The van der Waals surface area contributed by atoms with Crippen molar-refractivity contribution in [3.63, 3.8) is 0 Å². The number of likely N-dealkylation sites (tertiary alicyclic amines) is 1. The fourth-order valence-electron chi connectivity index (χ4n) is 2.44. The molecule has 8 heteroatoms. The lowest BCUT2D eigenvalue weighted by Crippen LogP contribution is -2.37. The summed E-state index contributed by atoms with van der Waals surface area (Å²) in [5.41, 5.74) is 4.25. The molecule has 5 nitrogen and oxygen atoms in total. The number of hydrogen-bond acceptors (Lipinski definition) is 3. The van der Waals surface area contributed by atoms with Crippen molar-refractivity contribution in [3.05, 3.63) is 34.2 Å². The third-order valence-electron chi connectivity index (χ3n) is 3.74. The normalized spacial score (nSPS) is 19.8. The van der Waals surface area contributed by atoms with Crippen LogP contribution in [0.3, 0.4) is 0 Å². The summed E-state index contributed by atoms with van der Waals surface area (Å²) in [7, 11) is 0. The first-order valence-corrected chi connectivity index (χ1v) is 7.08. The quantitative estimate of drug-likeness (QED) is 0.891. The Hall–Kier alpha value is -1.83. The summed E-state index contributed by atoms with van der Waals surface area (Å²) in [5, 5.41) is 0. The summed E-state index contributed by atoms with van der Waals surface area (Å²) in [6.45, 7) is 0.589. The summed E-state index contributed by atoms with van der Waals surface area (Å²) >= 11 is 0. The van der Waals surface area contributed by atoms with Crippen LogP contribution in [0, 0.1) is 0 Å². The standard InChI is InChI=1S/C14H18F3N3O2/c15-14(16,17)10-3-4-12(21)20(8-10)9-13(22)19-6-1-2-11(18)5-7-19/h3-4,8,11H,1-2,5-7,9,18H2. The molecule has 1 saturated heterocycles. The lowest BCUT2D eigenvalue weighted by molar-refractivity contribution is -0.138. The van der Waals surface area contributed by atoms with Crippen LogP contribution in [0.2, 0.25) is 0 Å². The van der Waals surface area contributed by atoms with Crippen molar-refractivity contribution in [1.29, 1.82) is 0 Å². The minimum absolute atomic E-state index is 0.0362. The molecule has 2 rings (SSSR count). The Labute approximate surface area is 125 Å². The van der Waals surface area contributed by atoms with E-state index in [0.29, 0.717) is 31.8 Å². The van der Waals surface area contributed by atoms with Gasteiger partial charge in [-0.05, 0) is 25.3 Å². The Bertz CT molecular complexity index is 598. The zero-order chi connectivity index (χ0) is 16.3. The van der Waals surface area contributed by atoms with Gasteiger partial charge in [0.15, 0.2) is 0 Å². The highest BCUT2D eigenvalue weighted by molar-refractivity contribution is 5.76. The second-order valence-electron chi connectivity index (χ2n) is 5.45. The molecule has 2 heterocycles. The maximum atomic E-state index is 12.7. The smallest absolute Gasteiger partial charge is 0.341 e. The summed E-state index contributed by atoms with van der Waals surface area (Å²) in [4.78, 5) is 25.4. The van der Waals surface area contributed by atoms with E-state index in [9.17, 15) is 22.8 Å². The summed E-state index contributed by atoms with van der Waals surface area (Å²) < 4.78 is 38.8. The van der Waals surface area contributed by atoms with E-state index in [2.05, 4.69) is 0 Å². The van der Waals surface area contributed by atoms with E-state index in [0.717, 1.165) is 23.5 Å².